The number of aromatic nitrogens is 1. The van der Waals surface area contributed by atoms with Crippen LogP contribution in [0.5, 0.6) is 11.6 Å². The molecule has 1 aliphatic heterocycles. The normalized spacial score (nSPS) is 20.1. The van der Waals surface area contributed by atoms with E-state index in [0.29, 0.717) is 61.8 Å². The van der Waals surface area contributed by atoms with Crippen LogP contribution in [0.4, 0.5) is 4.79 Å². The first-order valence-corrected chi connectivity index (χ1v) is 12.0. The number of amides is 2. The lowest BCUT2D eigenvalue weighted by Crippen LogP contribution is -2.42. The van der Waals surface area contributed by atoms with E-state index in [1.165, 1.54) is 14.2 Å². The number of ether oxygens (including phenoxy) is 3. The molecule has 1 aromatic carbocycles. The summed E-state index contributed by atoms with van der Waals surface area (Å²) in [4.78, 5) is 31.1. The Morgan fingerprint density at radius 1 is 1.17 bits per heavy atom. The summed E-state index contributed by atoms with van der Waals surface area (Å²) in [5.41, 5.74) is 1.85. The van der Waals surface area contributed by atoms with Gasteiger partial charge in [-0.15, -0.1) is 0 Å². The molecule has 2 fully saturated rings. The highest BCUT2D eigenvalue weighted by molar-refractivity contribution is 6.30. The van der Waals surface area contributed by atoms with E-state index in [-0.39, 0.29) is 41.6 Å². The lowest BCUT2D eigenvalue weighted by atomic mass is 9.79. The highest BCUT2D eigenvalue weighted by Crippen LogP contribution is 2.42. The average molecular weight is 504 g/mol. The molecule has 1 saturated heterocycles. The van der Waals surface area contributed by atoms with Crippen LogP contribution in [0, 0.1) is 0 Å². The number of piperidine rings is 1. The molecule has 1 aromatic heterocycles. The van der Waals surface area contributed by atoms with Gasteiger partial charge in [0.05, 0.1) is 26.0 Å². The van der Waals surface area contributed by atoms with Gasteiger partial charge in [0.2, 0.25) is 5.88 Å². The molecule has 1 aliphatic carbocycles. The van der Waals surface area contributed by atoms with Crippen LogP contribution in [0.15, 0.2) is 30.3 Å². The van der Waals surface area contributed by atoms with Crippen molar-refractivity contribution in [2.75, 3.05) is 27.3 Å². The zero-order valence-electron chi connectivity index (χ0n) is 19.8. The fourth-order valence-corrected chi connectivity index (χ4v) is 4.48. The topological polar surface area (TPSA) is 110 Å². The molecular formula is C25H30ClN3O6. The van der Waals surface area contributed by atoms with Crippen molar-refractivity contribution in [1.29, 1.82) is 0 Å². The Balaban J connectivity index is 1.53. The van der Waals surface area contributed by atoms with Crippen LogP contribution >= 0.6 is 11.6 Å². The highest BCUT2D eigenvalue weighted by Gasteiger charge is 2.35. The van der Waals surface area contributed by atoms with Crippen LogP contribution in [0.2, 0.25) is 5.02 Å². The molecule has 2 amide bonds. The van der Waals surface area contributed by atoms with E-state index in [0.717, 1.165) is 5.56 Å². The molecule has 2 heterocycles. The second-order valence-corrected chi connectivity index (χ2v) is 9.27. The minimum atomic E-state index is -0.369. The Bertz CT molecular complexity index is 1050. The molecule has 0 spiro atoms. The molecule has 10 heteroatoms. The molecule has 2 aliphatic rings. The van der Waals surface area contributed by atoms with E-state index in [9.17, 15) is 14.7 Å². The Morgan fingerprint density at radius 3 is 2.46 bits per heavy atom. The summed E-state index contributed by atoms with van der Waals surface area (Å²) >= 11 is 5.94. The molecule has 0 bridgehead atoms. The van der Waals surface area contributed by atoms with E-state index in [2.05, 4.69) is 10.3 Å². The van der Waals surface area contributed by atoms with E-state index < -0.39 is 0 Å². The summed E-state index contributed by atoms with van der Waals surface area (Å²) < 4.78 is 16.6. The maximum atomic E-state index is 13.1. The van der Waals surface area contributed by atoms with Gasteiger partial charge in [0.25, 0.3) is 5.91 Å². The number of nitrogens with one attached hydrogen (secondary N) is 1. The van der Waals surface area contributed by atoms with Crippen LogP contribution in [0.25, 0.3) is 0 Å². The van der Waals surface area contributed by atoms with Gasteiger partial charge in [0, 0.05) is 49.5 Å². The van der Waals surface area contributed by atoms with Gasteiger partial charge in [-0.05, 0) is 30.5 Å². The van der Waals surface area contributed by atoms with Gasteiger partial charge in [-0.25, -0.2) is 9.78 Å². The number of nitrogens with zero attached hydrogens (tertiary/aromatic N) is 2. The summed E-state index contributed by atoms with van der Waals surface area (Å²) in [6.07, 6.45) is 1.56. The number of carbonyl (C=O) groups is 2. The first kappa shape index (κ1) is 25.1. The van der Waals surface area contributed by atoms with Crippen LogP contribution in [0.3, 0.4) is 0 Å². The van der Waals surface area contributed by atoms with E-state index >= 15 is 0 Å². The van der Waals surface area contributed by atoms with E-state index in [1.54, 1.807) is 23.1 Å². The lowest BCUT2D eigenvalue weighted by Gasteiger charge is -2.34. The molecule has 0 atom stereocenters. The number of benzene rings is 1. The predicted molar refractivity (Wildman–Crippen MR) is 129 cm³/mol. The number of methoxy groups -OCH3 is 2. The Morgan fingerprint density at radius 2 is 1.86 bits per heavy atom. The highest BCUT2D eigenvalue weighted by atomic mass is 35.5. The summed E-state index contributed by atoms with van der Waals surface area (Å²) in [6.45, 7) is 1.36. The molecule has 2 aromatic rings. The van der Waals surface area contributed by atoms with Crippen molar-refractivity contribution in [2.45, 2.75) is 50.4 Å². The first-order chi connectivity index (χ1) is 16.9. The third-order valence-corrected chi connectivity index (χ3v) is 6.70. The molecule has 9 nitrogen and oxygen atoms in total. The van der Waals surface area contributed by atoms with Gasteiger partial charge in [0.15, 0.2) is 0 Å². The van der Waals surface area contributed by atoms with Crippen molar-refractivity contribution < 1.29 is 28.9 Å². The van der Waals surface area contributed by atoms with Crippen LogP contribution in [-0.4, -0.2) is 66.5 Å². The fourth-order valence-electron chi connectivity index (χ4n) is 4.35. The standard InChI is InChI=1S/C25H30ClN3O6/c1-33-24-20(23(31)27-14-15-3-5-17(26)6-4-15)13-21(22(28-24)16-11-18(30)12-16)35-19-7-9-29(10-8-19)25(32)34-2/h3-6,13,16,18-19,30H,7-12,14H2,1-2H3,(H,27,31). The van der Waals surface area contributed by atoms with Crippen LogP contribution in [0.1, 0.15) is 53.2 Å². The van der Waals surface area contributed by atoms with E-state index in [4.69, 9.17) is 25.8 Å². The minimum absolute atomic E-state index is 0.0234. The number of rotatable bonds is 7. The average Bonchev–Trinajstić information content (AvgIpc) is 2.86. The third-order valence-electron chi connectivity index (χ3n) is 6.45. The number of carbonyl (C=O) groups excluding carboxylic acids is 2. The summed E-state index contributed by atoms with van der Waals surface area (Å²) in [7, 11) is 2.84. The Kier molecular flexibility index (Phi) is 7.97. The van der Waals surface area contributed by atoms with Crippen molar-refractivity contribution in [2.24, 2.45) is 0 Å². The fraction of sp³-hybridized carbons (Fsp3) is 0.480. The Labute approximate surface area is 209 Å². The SMILES string of the molecule is COC(=O)N1CCC(Oc2cc(C(=O)NCc3ccc(Cl)cc3)c(OC)nc2C2CC(O)C2)CC1. The van der Waals surface area contributed by atoms with Crippen molar-refractivity contribution in [1.82, 2.24) is 15.2 Å². The second kappa shape index (κ2) is 11.1. The van der Waals surface area contributed by atoms with Crippen LogP contribution < -0.4 is 14.8 Å². The molecule has 35 heavy (non-hydrogen) atoms. The summed E-state index contributed by atoms with van der Waals surface area (Å²) in [5.74, 6) is 0.406. The number of likely N-dealkylation sites (tertiary alicyclic amines) is 1. The quantitative estimate of drug-likeness (QED) is 0.594. The molecule has 1 saturated carbocycles. The number of pyridine rings is 1. The molecular weight excluding hydrogens is 474 g/mol. The van der Waals surface area contributed by atoms with Crippen LogP contribution in [-0.2, 0) is 11.3 Å². The number of hydrogen-bond acceptors (Lipinski definition) is 7. The van der Waals surface area contributed by atoms with Crippen molar-refractivity contribution in [3.63, 3.8) is 0 Å². The Hall–Kier alpha value is -3.04. The zero-order chi connectivity index (χ0) is 24.9. The number of aliphatic hydroxyl groups is 1. The largest absolute Gasteiger partial charge is 0.488 e. The van der Waals surface area contributed by atoms with Crippen molar-refractivity contribution in [3.8, 4) is 11.6 Å². The zero-order valence-corrected chi connectivity index (χ0v) is 20.6. The third kappa shape index (κ3) is 5.97. The number of hydrogen-bond donors (Lipinski definition) is 2. The minimum Gasteiger partial charge on any atom is -0.488 e. The molecule has 4 rings (SSSR count). The van der Waals surface area contributed by atoms with Crippen molar-refractivity contribution in [3.05, 3.63) is 52.2 Å². The molecule has 2 N–H and O–H groups in total. The number of aliphatic hydroxyl groups excluding tert-OH is 1. The predicted octanol–water partition coefficient (Wildman–Crippen LogP) is 3.52. The van der Waals surface area contributed by atoms with Gasteiger partial charge >= 0.3 is 6.09 Å². The second-order valence-electron chi connectivity index (χ2n) is 8.83. The van der Waals surface area contributed by atoms with Gasteiger partial charge in [-0.3, -0.25) is 4.79 Å². The van der Waals surface area contributed by atoms with Gasteiger partial charge < -0.3 is 29.5 Å². The monoisotopic (exact) mass is 503 g/mol. The van der Waals surface area contributed by atoms with Gasteiger partial charge in [-0.1, -0.05) is 23.7 Å². The first-order valence-electron chi connectivity index (χ1n) is 11.7. The van der Waals surface area contributed by atoms with Crippen molar-refractivity contribution >= 4 is 23.6 Å². The lowest BCUT2D eigenvalue weighted by molar-refractivity contribution is 0.0653. The smallest absolute Gasteiger partial charge is 0.409 e. The number of halogens is 1. The van der Waals surface area contributed by atoms with Gasteiger partial charge in [0.1, 0.15) is 17.4 Å². The maximum absolute atomic E-state index is 13.1. The van der Waals surface area contributed by atoms with E-state index in [1.807, 2.05) is 12.1 Å². The maximum Gasteiger partial charge on any atom is 0.409 e. The summed E-state index contributed by atoms with van der Waals surface area (Å²) in [6, 6.07) is 8.90. The molecule has 0 radical (unpaired) electrons. The summed E-state index contributed by atoms with van der Waals surface area (Å²) in [5, 5.41) is 13.4. The molecule has 0 unspecified atom stereocenters. The molecule has 188 valence electrons. The van der Waals surface area contributed by atoms with Gasteiger partial charge in [-0.2, -0.15) is 0 Å².